The van der Waals surface area contributed by atoms with Gasteiger partial charge in [-0.15, -0.1) is 11.8 Å². The standard InChI is InChI=1S/C21H17NO6S/c1-13-8-15(22-28-13)11-29-20-5-3-2-4-16(20)21(24)25-10-17(23)14-6-7-18-19(9-14)27-12-26-18/h2-9H,10-12H2,1H3. The molecule has 7 nitrogen and oxygen atoms in total. The molecule has 0 bridgehead atoms. The van der Waals surface area contributed by atoms with Crippen LogP contribution in [-0.4, -0.2) is 30.3 Å². The first kappa shape index (κ1) is 19.1. The Morgan fingerprint density at radius 2 is 1.93 bits per heavy atom. The summed E-state index contributed by atoms with van der Waals surface area (Å²) in [5.74, 6) is 1.50. The molecule has 0 amide bonds. The highest BCUT2D eigenvalue weighted by molar-refractivity contribution is 7.98. The van der Waals surface area contributed by atoms with Crippen LogP contribution in [0.5, 0.6) is 11.5 Å². The Morgan fingerprint density at radius 1 is 1.10 bits per heavy atom. The first-order valence-electron chi connectivity index (χ1n) is 8.84. The van der Waals surface area contributed by atoms with Crippen molar-refractivity contribution < 1.29 is 28.3 Å². The van der Waals surface area contributed by atoms with E-state index < -0.39 is 5.97 Å². The van der Waals surface area contributed by atoms with Crippen molar-refractivity contribution in [2.75, 3.05) is 13.4 Å². The van der Waals surface area contributed by atoms with Crippen LogP contribution in [0, 0.1) is 6.92 Å². The lowest BCUT2D eigenvalue weighted by Crippen LogP contribution is -2.15. The van der Waals surface area contributed by atoms with Gasteiger partial charge in [-0.05, 0) is 37.3 Å². The molecule has 2 aromatic carbocycles. The molecule has 2 heterocycles. The zero-order chi connectivity index (χ0) is 20.2. The Morgan fingerprint density at radius 3 is 2.76 bits per heavy atom. The summed E-state index contributed by atoms with van der Waals surface area (Å²) in [6.07, 6.45) is 0. The predicted octanol–water partition coefficient (Wildman–Crippen LogP) is 4.04. The number of aromatic nitrogens is 1. The zero-order valence-electron chi connectivity index (χ0n) is 15.5. The van der Waals surface area contributed by atoms with Crippen molar-refractivity contribution >= 4 is 23.5 Å². The maximum atomic E-state index is 12.5. The molecule has 8 heteroatoms. The van der Waals surface area contributed by atoms with Crippen LogP contribution >= 0.6 is 11.8 Å². The largest absolute Gasteiger partial charge is 0.454 e. The van der Waals surface area contributed by atoms with Crippen LogP contribution in [0.1, 0.15) is 32.2 Å². The highest BCUT2D eigenvalue weighted by atomic mass is 32.2. The fourth-order valence-corrected chi connectivity index (χ4v) is 3.68. The van der Waals surface area contributed by atoms with E-state index in [1.165, 1.54) is 11.8 Å². The number of benzene rings is 2. The molecule has 0 N–H and O–H groups in total. The molecule has 0 radical (unpaired) electrons. The van der Waals surface area contributed by atoms with Crippen molar-refractivity contribution in [3.63, 3.8) is 0 Å². The molecular formula is C21H17NO6S. The van der Waals surface area contributed by atoms with E-state index >= 15 is 0 Å². The normalized spacial score (nSPS) is 12.0. The smallest absolute Gasteiger partial charge is 0.339 e. The first-order valence-corrected chi connectivity index (χ1v) is 9.83. The van der Waals surface area contributed by atoms with E-state index in [9.17, 15) is 9.59 Å². The lowest BCUT2D eigenvalue weighted by atomic mass is 10.1. The van der Waals surface area contributed by atoms with Gasteiger partial charge in [0.05, 0.1) is 11.3 Å². The molecule has 0 aliphatic carbocycles. The molecule has 0 atom stereocenters. The summed E-state index contributed by atoms with van der Waals surface area (Å²) in [6, 6.07) is 13.8. The molecule has 0 spiro atoms. The number of aryl methyl sites for hydroxylation is 1. The van der Waals surface area contributed by atoms with E-state index in [0.29, 0.717) is 28.4 Å². The van der Waals surface area contributed by atoms with E-state index in [1.54, 1.807) is 30.3 Å². The fourth-order valence-electron chi connectivity index (χ4n) is 2.76. The van der Waals surface area contributed by atoms with Crippen LogP contribution < -0.4 is 9.47 Å². The van der Waals surface area contributed by atoms with Gasteiger partial charge in [0, 0.05) is 22.3 Å². The number of nitrogens with zero attached hydrogens (tertiary/aromatic N) is 1. The molecular weight excluding hydrogens is 394 g/mol. The van der Waals surface area contributed by atoms with Crippen LogP contribution in [0.4, 0.5) is 0 Å². The predicted molar refractivity (Wildman–Crippen MR) is 104 cm³/mol. The van der Waals surface area contributed by atoms with Gasteiger partial charge in [-0.3, -0.25) is 4.79 Å². The quantitative estimate of drug-likeness (QED) is 0.327. The van der Waals surface area contributed by atoms with E-state index in [0.717, 1.165) is 16.3 Å². The molecule has 4 rings (SSSR count). The number of thioether (sulfide) groups is 1. The molecule has 0 saturated heterocycles. The lowest BCUT2D eigenvalue weighted by Gasteiger charge is -2.09. The monoisotopic (exact) mass is 411 g/mol. The van der Waals surface area contributed by atoms with Crippen molar-refractivity contribution in [3.8, 4) is 11.5 Å². The van der Waals surface area contributed by atoms with Gasteiger partial charge in [0.25, 0.3) is 0 Å². The molecule has 0 saturated carbocycles. The minimum Gasteiger partial charge on any atom is -0.454 e. The molecule has 1 aromatic heterocycles. The average molecular weight is 411 g/mol. The highest BCUT2D eigenvalue weighted by Gasteiger charge is 2.19. The van der Waals surface area contributed by atoms with E-state index in [4.69, 9.17) is 18.7 Å². The van der Waals surface area contributed by atoms with E-state index in [-0.39, 0.29) is 19.2 Å². The topological polar surface area (TPSA) is 87.9 Å². The minimum absolute atomic E-state index is 0.129. The third-order valence-electron chi connectivity index (χ3n) is 4.19. The van der Waals surface area contributed by atoms with Crippen molar-refractivity contribution in [2.24, 2.45) is 0 Å². The highest BCUT2D eigenvalue weighted by Crippen LogP contribution is 2.32. The summed E-state index contributed by atoms with van der Waals surface area (Å²) < 4.78 is 20.8. The van der Waals surface area contributed by atoms with Crippen LogP contribution in [0.15, 0.2) is 57.9 Å². The number of hydrogen-bond donors (Lipinski definition) is 0. The number of Topliss-reactive ketones (excluding diaryl/α,β-unsaturated/α-hetero) is 1. The van der Waals surface area contributed by atoms with Gasteiger partial charge in [0.15, 0.2) is 23.9 Å². The average Bonchev–Trinajstić information content (AvgIpc) is 3.38. The van der Waals surface area contributed by atoms with Crippen molar-refractivity contribution in [3.05, 3.63) is 71.1 Å². The van der Waals surface area contributed by atoms with Gasteiger partial charge in [-0.1, -0.05) is 17.3 Å². The molecule has 148 valence electrons. The van der Waals surface area contributed by atoms with Crippen LogP contribution in [0.2, 0.25) is 0 Å². The summed E-state index contributed by atoms with van der Waals surface area (Å²) in [5, 5.41) is 3.95. The van der Waals surface area contributed by atoms with Crippen molar-refractivity contribution in [1.29, 1.82) is 0 Å². The third-order valence-corrected chi connectivity index (χ3v) is 5.30. The number of hydrogen-bond acceptors (Lipinski definition) is 8. The molecule has 3 aromatic rings. The van der Waals surface area contributed by atoms with Gasteiger partial charge < -0.3 is 18.7 Å². The second-order valence-electron chi connectivity index (χ2n) is 6.28. The third kappa shape index (κ3) is 4.43. The van der Waals surface area contributed by atoms with Crippen LogP contribution in [-0.2, 0) is 10.5 Å². The van der Waals surface area contributed by atoms with Crippen LogP contribution in [0.25, 0.3) is 0 Å². The van der Waals surface area contributed by atoms with Crippen molar-refractivity contribution in [1.82, 2.24) is 5.16 Å². The Hall–Kier alpha value is -3.26. The molecule has 1 aliphatic heterocycles. The van der Waals surface area contributed by atoms with Gasteiger partial charge in [-0.2, -0.15) is 0 Å². The number of ether oxygens (including phenoxy) is 3. The summed E-state index contributed by atoms with van der Waals surface area (Å²) in [5.41, 5.74) is 1.58. The lowest BCUT2D eigenvalue weighted by molar-refractivity contribution is 0.0471. The van der Waals surface area contributed by atoms with Gasteiger partial charge >= 0.3 is 5.97 Å². The second-order valence-corrected chi connectivity index (χ2v) is 7.30. The number of carbonyl (C=O) groups excluding carboxylic acids is 2. The molecule has 0 fully saturated rings. The minimum atomic E-state index is -0.557. The number of fused-ring (bicyclic) bond motifs is 1. The Labute approximate surface area is 170 Å². The second kappa shape index (κ2) is 8.40. The Bertz CT molecular complexity index is 1060. The van der Waals surface area contributed by atoms with Gasteiger partial charge in [0.1, 0.15) is 5.76 Å². The first-order chi connectivity index (χ1) is 14.1. The van der Waals surface area contributed by atoms with Crippen LogP contribution in [0.3, 0.4) is 0 Å². The Balaban J connectivity index is 1.38. The number of esters is 1. The van der Waals surface area contributed by atoms with Crippen molar-refractivity contribution in [2.45, 2.75) is 17.6 Å². The summed E-state index contributed by atoms with van der Waals surface area (Å²) in [6.45, 7) is 1.59. The molecule has 0 unspecified atom stereocenters. The van der Waals surface area contributed by atoms with Gasteiger partial charge in [-0.25, -0.2) is 4.79 Å². The van der Waals surface area contributed by atoms with E-state index in [2.05, 4.69) is 5.16 Å². The van der Waals surface area contributed by atoms with Gasteiger partial charge in [0.2, 0.25) is 6.79 Å². The molecule has 1 aliphatic rings. The zero-order valence-corrected chi connectivity index (χ0v) is 16.4. The van der Waals surface area contributed by atoms with E-state index in [1.807, 2.05) is 25.1 Å². The SMILES string of the molecule is Cc1cc(CSc2ccccc2C(=O)OCC(=O)c2ccc3c(c2)OCO3)no1. The molecule has 29 heavy (non-hydrogen) atoms. The maximum absolute atomic E-state index is 12.5. The fraction of sp³-hybridized carbons (Fsp3) is 0.190. The summed E-state index contributed by atoms with van der Waals surface area (Å²) in [4.78, 5) is 25.7. The summed E-state index contributed by atoms with van der Waals surface area (Å²) in [7, 11) is 0. The number of rotatable bonds is 7. The Kier molecular flexibility index (Phi) is 5.53. The number of ketones is 1. The summed E-state index contributed by atoms with van der Waals surface area (Å²) >= 11 is 1.45. The number of carbonyl (C=O) groups is 2. The maximum Gasteiger partial charge on any atom is 0.339 e.